The molecule has 3 atom stereocenters. The van der Waals surface area contributed by atoms with Gasteiger partial charge in [-0.1, -0.05) is 54.8 Å². The second-order valence-corrected chi connectivity index (χ2v) is 9.76. The number of halogens is 2. The van der Waals surface area contributed by atoms with Gasteiger partial charge in [0.2, 0.25) is 11.8 Å². The first kappa shape index (κ1) is 23.6. The fourth-order valence-electron chi connectivity index (χ4n) is 5.34. The maximum atomic E-state index is 13.5. The van der Waals surface area contributed by atoms with E-state index in [-0.39, 0.29) is 36.0 Å². The monoisotopic (exact) mass is 497 g/mol. The minimum atomic E-state index is -0.395. The lowest BCUT2D eigenvalue weighted by Crippen LogP contribution is -2.67. The minimum Gasteiger partial charge on any atom is -0.352 e. The number of carbonyl (C=O) groups excluding carboxylic acids is 2. The van der Waals surface area contributed by atoms with E-state index in [1.165, 1.54) is 12.1 Å². The Balaban J connectivity index is 1.26. The minimum absolute atomic E-state index is 0.0747. The predicted molar refractivity (Wildman–Crippen MR) is 131 cm³/mol. The summed E-state index contributed by atoms with van der Waals surface area (Å²) in [4.78, 5) is 30.0. The molecule has 1 aliphatic carbocycles. The van der Waals surface area contributed by atoms with Gasteiger partial charge in [0.15, 0.2) is 6.29 Å². The molecule has 2 amide bonds. The van der Waals surface area contributed by atoms with Crippen molar-refractivity contribution in [2.75, 3.05) is 0 Å². The smallest absolute Gasteiger partial charge is 0.231 e. The number of hydrogen-bond acceptors (Lipinski definition) is 5. The summed E-state index contributed by atoms with van der Waals surface area (Å²) in [5.74, 6) is 0.440. The number of rotatable bonds is 7. The number of fused-ring (bicyclic) bond motifs is 3. The van der Waals surface area contributed by atoms with Crippen LogP contribution in [0.2, 0.25) is 5.02 Å². The lowest BCUT2D eigenvalue weighted by Gasteiger charge is -2.50. The third-order valence-corrected chi connectivity index (χ3v) is 7.50. The molecule has 3 unspecified atom stereocenters. The van der Waals surface area contributed by atoms with E-state index >= 15 is 0 Å². The van der Waals surface area contributed by atoms with Crippen LogP contribution in [0.25, 0.3) is 0 Å². The summed E-state index contributed by atoms with van der Waals surface area (Å²) in [5.41, 5.74) is 4.88. The number of hydrazone groups is 1. The summed E-state index contributed by atoms with van der Waals surface area (Å²) >= 11 is 6.18. The van der Waals surface area contributed by atoms with Crippen molar-refractivity contribution >= 4 is 29.3 Å². The second kappa shape index (κ2) is 10.2. The molecular formula is C26H29ClFN5O2. The Hall–Kier alpha value is -3.13. The van der Waals surface area contributed by atoms with Crippen LogP contribution in [0.1, 0.15) is 49.7 Å². The number of nitrogens with one attached hydrogen (secondary N) is 2. The van der Waals surface area contributed by atoms with Crippen LogP contribution in [0.4, 0.5) is 4.39 Å². The number of hydrogen-bond donors (Lipinski definition) is 2. The van der Waals surface area contributed by atoms with Crippen molar-refractivity contribution in [2.24, 2.45) is 11.0 Å². The number of carbonyl (C=O) groups is 2. The van der Waals surface area contributed by atoms with Crippen molar-refractivity contribution in [1.29, 1.82) is 0 Å². The van der Waals surface area contributed by atoms with Gasteiger partial charge in [-0.25, -0.2) is 4.39 Å². The van der Waals surface area contributed by atoms with Gasteiger partial charge in [-0.2, -0.15) is 5.10 Å². The number of nitrogens with zero attached hydrogens (tertiary/aromatic N) is 3. The lowest BCUT2D eigenvalue weighted by molar-refractivity contribution is -0.156. The summed E-state index contributed by atoms with van der Waals surface area (Å²) in [6.07, 6.45) is 4.24. The van der Waals surface area contributed by atoms with E-state index < -0.39 is 6.29 Å². The topological polar surface area (TPSA) is 77.0 Å². The molecule has 7 nitrogen and oxygen atoms in total. The maximum Gasteiger partial charge on any atom is 0.231 e. The Kier molecular flexibility index (Phi) is 6.90. The van der Waals surface area contributed by atoms with Gasteiger partial charge in [0.05, 0.1) is 5.92 Å². The van der Waals surface area contributed by atoms with Crippen LogP contribution in [0.15, 0.2) is 53.6 Å². The molecule has 2 aliphatic heterocycles. The van der Waals surface area contributed by atoms with E-state index in [0.717, 1.165) is 42.6 Å². The van der Waals surface area contributed by atoms with Gasteiger partial charge in [0.1, 0.15) is 11.7 Å². The van der Waals surface area contributed by atoms with Gasteiger partial charge < -0.3 is 10.2 Å². The first-order chi connectivity index (χ1) is 17.0. The Bertz CT molecular complexity index is 1120. The highest BCUT2D eigenvalue weighted by atomic mass is 35.5. The Morgan fingerprint density at radius 1 is 1.14 bits per heavy atom. The molecular weight excluding hydrogens is 469 g/mol. The highest BCUT2D eigenvalue weighted by molar-refractivity contribution is 6.31. The zero-order valence-electron chi connectivity index (χ0n) is 19.4. The fraction of sp³-hybridized carbons (Fsp3) is 0.423. The van der Waals surface area contributed by atoms with Gasteiger partial charge in [-0.3, -0.25) is 19.9 Å². The molecule has 1 saturated heterocycles. The number of benzene rings is 2. The van der Waals surface area contributed by atoms with Gasteiger partial charge in [-0.15, -0.1) is 0 Å². The number of amides is 2. The standard InChI is InChI=1S/C26H29ClFN5O2/c27-21-7-3-1-5-18(21)15-29-24(34)14-13-23-30-31-26-32(16-17-9-11-19(28)12-10-17)25(35)20-6-2-4-8-22(20)33(23)26/h1,3,5,7,9-12,20,22,26,31H,2,4,6,8,13-16H2,(H,29,34). The highest BCUT2D eigenvalue weighted by Crippen LogP contribution is 2.38. The average Bonchev–Trinajstić information content (AvgIpc) is 3.30. The van der Waals surface area contributed by atoms with Gasteiger partial charge in [0.25, 0.3) is 0 Å². The van der Waals surface area contributed by atoms with Crippen molar-refractivity contribution < 1.29 is 14.0 Å². The molecule has 2 aromatic carbocycles. The maximum absolute atomic E-state index is 13.5. The van der Waals surface area contributed by atoms with Crippen molar-refractivity contribution in [3.63, 3.8) is 0 Å². The molecule has 0 aromatic heterocycles. The fourth-order valence-corrected chi connectivity index (χ4v) is 5.54. The van der Waals surface area contributed by atoms with E-state index in [9.17, 15) is 14.0 Å². The van der Waals surface area contributed by atoms with Gasteiger partial charge in [0, 0.05) is 37.0 Å². The molecule has 184 valence electrons. The van der Waals surface area contributed by atoms with Crippen LogP contribution < -0.4 is 10.7 Å². The predicted octanol–water partition coefficient (Wildman–Crippen LogP) is 3.98. The zero-order chi connectivity index (χ0) is 24.4. The molecule has 35 heavy (non-hydrogen) atoms. The normalized spacial score (nSPS) is 23.3. The highest BCUT2D eigenvalue weighted by Gasteiger charge is 2.50. The van der Waals surface area contributed by atoms with E-state index in [1.54, 1.807) is 23.1 Å². The van der Waals surface area contributed by atoms with Gasteiger partial charge in [-0.05, 0) is 42.2 Å². The van der Waals surface area contributed by atoms with Gasteiger partial charge >= 0.3 is 0 Å². The molecule has 0 bridgehead atoms. The largest absolute Gasteiger partial charge is 0.352 e. The van der Waals surface area contributed by atoms with Crippen molar-refractivity contribution in [1.82, 2.24) is 20.5 Å². The Morgan fingerprint density at radius 2 is 1.91 bits per heavy atom. The van der Waals surface area contributed by atoms with E-state index in [1.807, 2.05) is 18.2 Å². The molecule has 5 rings (SSSR count). The van der Waals surface area contributed by atoms with Crippen LogP contribution in [0.5, 0.6) is 0 Å². The first-order valence-electron chi connectivity index (χ1n) is 12.2. The third kappa shape index (κ3) is 4.98. The van der Waals surface area contributed by atoms with Crippen molar-refractivity contribution in [2.45, 2.75) is 63.9 Å². The number of amidine groups is 1. The molecule has 9 heteroatoms. The quantitative estimate of drug-likeness (QED) is 0.606. The molecule has 0 spiro atoms. The molecule has 2 heterocycles. The summed E-state index contributed by atoms with van der Waals surface area (Å²) in [6, 6.07) is 13.8. The van der Waals surface area contributed by atoms with Crippen LogP contribution >= 0.6 is 11.6 Å². The molecule has 3 aliphatic rings. The zero-order valence-corrected chi connectivity index (χ0v) is 20.2. The molecule has 1 saturated carbocycles. The molecule has 0 radical (unpaired) electrons. The summed E-state index contributed by atoms with van der Waals surface area (Å²) < 4.78 is 13.4. The van der Waals surface area contributed by atoms with E-state index in [2.05, 4.69) is 20.7 Å². The SMILES string of the molecule is O=C(CCC1=NNC2N(Cc3ccc(F)cc3)C(=O)C3CCCCC3N12)NCc1ccccc1Cl. The summed E-state index contributed by atoms with van der Waals surface area (Å²) in [7, 11) is 0. The average molecular weight is 498 g/mol. The van der Waals surface area contributed by atoms with E-state index in [4.69, 9.17) is 11.6 Å². The van der Waals surface area contributed by atoms with Crippen LogP contribution in [0, 0.1) is 11.7 Å². The first-order valence-corrected chi connectivity index (χ1v) is 12.5. The van der Waals surface area contributed by atoms with Crippen molar-refractivity contribution in [3.8, 4) is 0 Å². The summed E-state index contributed by atoms with van der Waals surface area (Å²) in [5, 5.41) is 8.11. The lowest BCUT2D eigenvalue weighted by atomic mass is 9.80. The van der Waals surface area contributed by atoms with Crippen LogP contribution in [0.3, 0.4) is 0 Å². The third-order valence-electron chi connectivity index (χ3n) is 7.13. The molecule has 2 N–H and O–H groups in total. The van der Waals surface area contributed by atoms with E-state index in [0.29, 0.717) is 24.5 Å². The molecule has 2 aromatic rings. The van der Waals surface area contributed by atoms with Crippen LogP contribution in [-0.2, 0) is 22.7 Å². The Morgan fingerprint density at radius 3 is 2.71 bits per heavy atom. The Labute approximate surface area is 209 Å². The van der Waals surface area contributed by atoms with Crippen molar-refractivity contribution in [3.05, 3.63) is 70.5 Å². The summed E-state index contributed by atoms with van der Waals surface area (Å²) in [6.45, 7) is 0.748. The molecule has 2 fully saturated rings. The van der Waals surface area contributed by atoms with Crippen LogP contribution in [-0.4, -0.2) is 39.8 Å². The second-order valence-electron chi connectivity index (χ2n) is 9.36.